The van der Waals surface area contributed by atoms with E-state index in [4.69, 9.17) is 9.47 Å². The van der Waals surface area contributed by atoms with Crippen LogP contribution in [0.2, 0.25) is 0 Å². The third-order valence-corrected chi connectivity index (χ3v) is 5.22. The van der Waals surface area contributed by atoms with E-state index >= 15 is 0 Å². The monoisotopic (exact) mass is 255 g/mol. The number of fused-ring (bicyclic) bond motifs is 1. The minimum absolute atomic E-state index is 0.353. The first kappa shape index (κ1) is 10.6. The summed E-state index contributed by atoms with van der Waals surface area (Å²) in [6.07, 6.45) is 0. The molecule has 1 N–H and O–H groups in total. The molecule has 0 bridgehead atoms. The number of hydrogen-bond donors (Lipinski definition) is 1. The highest BCUT2D eigenvalue weighted by molar-refractivity contribution is 8.16. The first-order valence-electron chi connectivity index (χ1n) is 5.27. The van der Waals surface area contributed by atoms with Gasteiger partial charge in [-0.15, -0.1) is 23.5 Å². The molecule has 0 spiro atoms. The predicted octanol–water partition coefficient (Wildman–Crippen LogP) is 2.27. The Labute approximate surface area is 103 Å². The molecule has 1 fully saturated rings. The lowest BCUT2D eigenvalue weighted by molar-refractivity contribution is 0.174. The topological polar surface area (TPSA) is 30.5 Å². The van der Waals surface area contributed by atoms with Gasteiger partial charge in [0.1, 0.15) is 4.71 Å². The molecule has 0 aliphatic carbocycles. The molecule has 5 heteroatoms. The number of rotatable bonds is 3. The maximum atomic E-state index is 5.36. The molecule has 86 valence electrons. The van der Waals surface area contributed by atoms with E-state index in [0.717, 1.165) is 23.8 Å². The van der Waals surface area contributed by atoms with E-state index in [1.165, 1.54) is 11.3 Å². The Balaban J connectivity index is 1.61. The molecular weight excluding hydrogens is 242 g/mol. The summed E-state index contributed by atoms with van der Waals surface area (Å²) >= 11 is 3.92. The third-order valence-electron chi connectivity index (χ3n) is 2.52. The second kappa shape index (κ2) is 4.77. The highest BCUT2D eigenvalue weighted by Gasteiger charge is 2.16. The summed E-state index contributed by atoms with van der Waals surface area (Å²) < 4.78 is 11.2. The molecule has 16 heavy (non-hydrogen) atoms. The summed E-state index contributed by atoms with van der Waals surface area (Å²) in [6.45, 7) is 1.48. The van der Waals surface area contributed by atoms with Crippen LogP contribution < -0.4 is 14.8 Å². The van der Waals surface area contributed by atoms with E-state index in [9.17, 15) is 0 Å². The van der Waals surface area contributed by atoms with Crippen molar-refractivity contribution >= 4 is 23.5 Å². The molecule has 1 unspecified atom stereocenters. The van der Waals surface area contributed by atoms with Gasteiger partial charge in [-0.1, -0.05) is 6.07 Å². The van der Waals surface area contributed by atoms with Crippen LogP contribution in [-0.4, -0.2) is 23.8 Å². The van der Waals surface area contributed by atoms with Gasteiger partial charge < -0.3 is 9.47 Å². The van der Waals surface area contributed by atoms with Crippen LogP contribution in [0.15, 0.2) is 18.2 Å². The van der Waals surface area contributed by atoms with Gasteiger partial charge in [-0.25, -0.2) is 0 Å². The number of hydrogen-bond acceptors (Lipinski definition) is 5. The Hall–Kier alpha value is -0.520. The zero-order valence-electron chi connectivity index (χ0n) is 8.77. The highest BCUT2D eigenvalue weighted by atomic mass is 32.2. The van der Waals surface area contributed by atoms with Crippen LogP contribution in [0.5, 0.6) is 11.5 Å². The van der Waals surface area contributed by atoms with Gasteiger partial charge in [0.2, 0.25) is 6.79 Å². The van der Waals surface area contributed by atoms with Gasteiger partial charge >= 0.3 is 0 Å². The van der Waals surface area contributed by atoms with Gasteiger partial charge in [-0.05, 0) is 17.7 Å². The molecule has 1 saturated heterocycles. The second-order valence-electron chi connectivity index (χ2n) is 3.66. The Morgan fingerprint density at radius 1 is 1.38 bits per heavy atom. The Bertz CT molecular complexity index is 380. The second-order valence-corrected chi connectivity index (χ2v) is 6.26. The van der Waals surface area contributed by atoms with E-state index in [0.29, 0.717) is 11.5 Å². The normalized spacial score (nSPS) is 22.6. The molecule has 2 aliphatic rings. The summed E-state index contributed by atoms with van der Waals surface area (Å²) in [5.41, 5.74) is 1.29. The zero-order chi connectivity index (χ0) is 10.8. The summed E-state index contributed by atoms with van der Waals surface area (Å²) in [5, 5.41) is 3.45. The number of ether oxygens (including phenoxy) is 2. The molecule has 0 radical (unpaired) electrons. The summed E-state index contributed by atoms with van der Waals surface area (Å²) in [7, 11) is 0. The smallest absolute Gasteiger partial charge is 0.231 e. The van der Waals surface area contributed by atoms with Crippen molar-refractivity contribution in [1.29, 1.82) is 0 Å². The zero-order valence-corrected chi connectivity index (χ0v) is 10.4. The third kappa shape index (κ3) is 2.26. The summed E-state index contributed by atoms with van der Waals surface area (Å²) in [4.78, 5) is 0. The van der Waals surface area contributed by atoms with Gasteiger partial charge in [0, 0.05) is 18.1 Å². The van der Waals surface area contributed by atoms with Crippen LogP contribution in [0.3, 0.4) is 0 Å². The van der Waals surface area contributed by atoms with Crippen LogP contribution in [0.4, 0.5) is 0 Å². The molecule has 0 aromatic heterocycles. The first-order valence-corrected chi connectivity index (χ1v) is 7.37. The molecule has 2 aliphatic heterocycles. The molecular formula is C11H13NO2S2. The van der Waals surface area contributed by atoms with E-state index in [1.54, 1.807) is 0 Å². The number of benzene rings is 1. The first-order chi connectivity index (χ1) is 7.92. The van der Waals surface area contributed by atoms with Crippen molar-refractivity contribution in [3.8, 4) is 11.5 Å². The molecule has 1 aromatic rings. The van der Waals surface area contributed by atoms with Crippen molar-refractivity contribution in [3.63, 3.8) is 0 Å². The molecule has 0 saturated carbocycles. The average Bonchev–Trinajstić information content (AvgIpc) is 2.97. The molecule has 2 heterocycles. The van der Waals surface area contributed by atoms with E-state index in [1.807, 2.05) is 29.6 Å². The fourth-order valence-electron chi connectivity index (χ4n) is 1.71. The molecule has 1 atom stereocenters. The Morgan fingerprint density at radius 3 is 3.19 bits per heavy atom. The molecule has 3 nitrogen and oxygen atoms in total. The van der Waals surface area contributed by atoms with Crippen LogP contribution in [0, 0.1) is 0 Å². The van der Waals surface area contributed by atoms with Crippen molar-refractivity contribution < 1.29 is 9.47 Å². The number of thioether (sulfide) groups is 2. The standard InChI is InChI=1S/C11H13NO2S2/c1-2-9-10(14-7-13-9)5-8(1)6-16-11-12-3-4-15-11/h1-2,5,11-12H,3-4,6-7H2. The van der Waals surface area contributed by atoms with Crippen LogP contribution in [-0.2, 0) is 5.75 Å². The van der Waals surface area contributed by atoms with E-state index in [-0.39, 0.29) is 0 Å². The van der Waals surface area contributed by atoms with Gasteiger partial charge in [0.25, 0.3) is 0 Å². The minimum atomic E-state index is 0.353. The largest absolute Gasteiger partial charge is 0.454 e. The summed E-state index contributed by atoms with van der Waals surface area (Å²) in [6, 6.07) is 6.18. The SMILES string of the molecule is c1cc2c(cc1CSC1NCCS1)OCO2. The van der Waals surface area contributed by atoms with E-state index in [2.05, 4.69) is 17.4 Å². The lowest BCUT2D eigenvalue weighted by atomic mass is 10.2. The van der Waals surface area contributed by atoms with Gasteiger partial charge in [-0.2, -0.15) is 0 Å². The molecule has 1 aromatic carbocycles. The Morgan fingerprint density at radius 2 is 2.31 bits per heavy atom. The summed E-state index contributed by atoms with van der Waals surface area (Å²) in [5.74, 6) is 3.98. The maximum absolute atomic E-state index is 5.36. The lowest BCUT2D eigenvalue weighted by Crippen LogP contribution is -2.15. The molecule has 0 amide bonds. The van der Waals surface area contributed by atoms with Crippen molar-refractivity contribution in [2.45, 2.75) is 10.5 Å². The van der Waals surface area contributed by atoms with Gasteiger partial charge in [0.05, 0.1) is 0 Å². The van der Waals surface area contributed by atoms with E-state index < -0.39 is 0 Å². The van der Waals surface area contributed by atoms with Crippen LogP contribution >= 0.6 is 23.5 Å². The minimum Gasteiger partial charge on any atom is -0.454 e. The average molecular weight is 255 g/mol. The van der Waals surface area contributed by atoms with Crippen molar-refractivity contribution in [2.75, 3.05) is 19.1 Å². The van der Waals surface area contributed by atoms with Gasteiger partial charge in [0.15, 0.2) is 11.5 Å². The fourth-order valence-corrected chi connectivity index (χ4v) is 4.03. The van der Waals surface area contributed by atoms with Crippen molar-refractivity contribution in [3.05, 3.63) is 23.8 Å². The lowest BCUT2D eigenvalue weighted by Gasteiger charge is -2.09. The quantitative estimate of drug-likeness (QED) is 0.895. The Kier molecular flexibility index (Phi) is 3.17. The molecule has 3 rings (SSSR count). The fraction of sp³-hybridized carbons (Fsp3) is 0.455. The maximum Gasteiger partial charge on any atom is 0.231 e. The van der Waals surface area contributed by atoms with Crippen LogP contribution in [0.1, 0.15) is 5.56 Å². The van der Waals surface area contributed by atoms with Gasteiger partial charge in [-0.3, -0.25) is 5.32 Å². The predicted molar refractivity (Wildman–Crippen MR) is 68.1 cm³/mol. The van der Waals surface area contributed by atoms with Crippen molar-refractivity contribution in [1.82, 2.24) is 5.32 Å². The van der Waals surface area contributed by atoms with Crippen molar-refractivity contribution in [2.24, 2.45) is 0 Å². The van der Waals surface area contributed by atoms with Crippen LogP contribution in [0.25, 0.3) is 0 Å². The number of nitrogens with one attached hydrogen (secondary N) is 1. The highest BCUT2D eigenvalue weighted by Crippen LogP contribution is 2.35.